The van der Waals surface area contributed by atoms with Crippen molar-refractivity contribution in [2.45, 2.75) is 40.0 Å². The number of pyridine rings is 1. The molecule has 4 aromatic rings. The third-order valence-electron chi connectivity index (χ3n) is 5.92. The molecular formula is C28H26N6O5. The Hall–Kier alpha value is -5.24. The van der Waals surface area contributed by atoms with Crippen LogP contribution >= 0.6 is 0 Å². The van der Waals surface area contributed by atoms with Crippen LogP contribution in [0.3, 0.4) is 0 Å². The number of nitrogens with zero attached hydrogens (tertiary/aromatic N) is 5. The molecule has 0 bridgehead atoms. The molecule has 2 aromatic heterocycles. The lowest BCUT2D eigenvalue weighted by molar-refractivity contribution is -0.137. The summed E-state index contributed by atoms with van der Waals surface area (Å²) in [5, 5.41) is 21.0. The SMILES string of the molecule is Cc1ccc(Cn2c(Nc3ccc(OCc4ccc(C#N)cn4)c(C)c3)nc(=O)n(CCC(=O)O)c2=O)cc1. The number of nitriles is 1. The molecule has 11 nitrogen and oxygen atoms in total. The second-order valence-electron chi connectivity index (χ2n) is 8.91. The third kappa shape index (κ3) is 6.75. The molecule has 0 aliphatic carbocycles. The van der Waals surface area contributed by atoms with E-state index in [0.717, 1.165) is 21.3 Å². The summed E-state index contributed by atoms with van der Waals surface area (Å²) in [5.74, 6) is -0.478. The van der Waals surface area contributed by atoms with Gasteiger partial charge in [0.15, 0.2) is 0 Å². The number of benzene rings is 2. The minimum absolute atomic E-state index is 0.0343. The topological polar surface area (TPSA) is 152 Å². The van der Waals surface area contributed by atoms with Crippen LogP contribution < -0.4 is 21.4 Å². The maximum Gasteiger partial charge on any atom is 0.354 e. The zero-order chi connectivity index (χ0) is 27.9. The number of aliphatic carboxylic acids is 1. The molecule has 39 heavy (non-hydrogen) atoms. The largest absolute Gasteiger partial charge is 0.487 e. The van der Waals surface area contributed by atoms with E-state index in [-0.39, 0.29) is 32.1 Å². The van der Waals surface area contributed by atoms with Crippen molar-refractivity contribution in [3.8, 4) is 11.8 Å². The molecule has 0 spiro atoms. The first-order chi connectivity index (χ1) is 18.7. The van der Waals surface area contributed by atoms with Gasteiger partial charge in [-0.15, -0.1) is 0 Å². The van der Waals surface area contributed by atoms with Gasteiger partial charge >= 0.3 is 17.3 Å². The first-order valence-corrected chi connectivity index (χ1v) is 12.1. The zero-order valence-electron chi connectivity index (χ0n) is 21.4. The minimum Gasteiger partial charge on any atom is -0.487 e. The number of carboxylic acid groups (broad SMARTS) is 1. The highest BCUT2D eigenvalue weighted by Crippen LogP contribution is 2.24. The molecule has 198 valence electrons. The molecule has 0 saturated carbocycles. The van der Waals surface area contributed by atoms with Crippen LogP contribution in [0.4, 0.5) is 11.6 Å². The van der Waals surface area contributed by atoms with Crippen LogP contribution in [0.25, 0.3) is 0 Å². The lowest BCUT2D eigenvalue weighted by Gasteiger charge is -2.16. The average molecular weight is 527 g/mol. The number of hydrogen-bond donors (Lipinski definition) is 2. The van der Waals surface area contributed by atoms with Gasteiger partial charge in [-0.3, -0.25) is 14.3 Å². The van der Waals surface area contributed by atoms with Gasteiger partial charge in [-0.25, -0.2) is 14.2 Å². The molecular weight excluding hydrogens is 500 g/mol. The van der Waals surface area contributed by atoms with E-state index in [1.165, 1.54) is 10.8 Å². The molecule has 0 aliphatic heterocycles. The fourth-order valence-electron chi connectivity index (χ4n) is 3.79. The molecule has 0 fully saturated rings. The monoisotopic (exact) mass is 526 g/mol. The molecule has 0 amide bonds. The second-order valence-corrected chi connectivity index (χ2v) is 8.91. The van der Waals surface area contributed by atoms with Crippen LogP contribution in [0.1, 0.15) is 34.4 Å². The van der Waals surface area contributed by atoms with Gasteiger partial charge in [-0.1, -0.05) is 29.8 Å². The Bertz CT molecular complexity index is 1650. The Kier molecular flexibility index (Phi) is 8.16. The summed E-state index contributed by atoms with van der Waals surface area (Å²) in [7, 11) is 0. The fraction of sp³-hybridized carbons (Fsp3) is 0.214. The van der Waals surface area contributed by atoms with Gasteiger partial charge in [0.1, 0.15) is 18.4 Å². The number of aromatic nitrogens is 4. The van der Waals surface area contributed by atoms with E-state index in [1.54, 1.807) is 30.3 Å². The van der Waals surface area contributed by atoms with Gasteiger partial charge in [0, 0.05) is 18.4 Å². The lowest BCUT2D eigenvalue weighted by Crippen LogP contribution is -2.43. The van der Waals surface area contributed by atoms with Crippen molar-refractivity contribution in [2.75, 3.05) is 5.32 Å². The molecule has 0 unspecified atom stereocenters. The molecule has 11 heteroatoms. The standard InChI is InChI=1S/C28H26N6O5/c1-18-3-5-20(6-4-18)16-34-26(32-27(37)33(28(34)38)12-11-25(35)36)31-22-9-10-24(19(2)13-22)39-17-23-8-7-21(14-29)15-30-23/h3-10,13,15H,11-12,16-17H2,1-2H3,(H,35,36)(H,31,32,37). The van der Waals surface area contributed by atoms with Gasteiger partial charge in [0.05, 0.1) is 24.2 Å². The van der Waals surface area contributed by atoms with E-state index in [0.29, 0.717) is 22.7 Å². The first kappa shape index (κ1) is 26.8. The molecule has 0 radical (unpaired) electrons. The maximum absolute atomic E-state index is 13.3. The zero-order valence-corrected chi connectivity index (χ0v) is 21.4. The Balaban J connectivity index is 1.60. The predicted molar refractivity (Wildman–Crippen MR) is 143 cm³/mol. The van der Waals surface area contributed by atoms with Crippen LogP contribution in [0.2, 0.25) is 0 Å². The van der Waals surface area contributed by atoms with Crippen LogP contribution in [-0.4, -0.2) is 30.2 Å². The smallest absolute Gasteiger partial charge is 0.354 e. The van der Waals surface area contributed by atoms with Crippen molar-refractivity contribution in [3.05, 3.63) is 110 Å². The van der Waals surface area contributed by atoms with Crippen LogP contribution in [0.5, 0.6) is 5.75 Å². The molecule has 4 rings (SSSR count). The summed E-state index contributed by atoms with van der Waals surface area (Å²) >= 11 is 0. The Morgan fingerprint density at radius 2 is 1.85 bits per heavy atom. The van der Waals surface area contributed by atoms with E-state index >= 15 is 0 Å². The number of rotatable bonds is 10. The summed E-state index contributed by atoms with van der Waals surface area (Å²) in [5.41, 5.74) is 2.87. The normalized spacial score (nSPS) is 10.6. The van der Waals surface area contributed by atoms with Crippen molar-refractivity contribution in [1.29, 1.82) is 5.26 Å². The third-order valence-corrected chi connectivity index (χ3v) is 5.92. The van der Waals surface area contributed by atoms with Crippen LogP contribution in [0.15, 0.2) is 70.4 Å². The minimum atomic E-state index is -1.12. The molecule has 0 saturated heterocycles. The van der Waals surface area contributed by atoms with Crippen molar-refractivity contribution >= 4 is 17.6 Å². The Morgan fingerprint density at radius 3 is 2.49 bits per heavy atom. The van der Waals surface area contributed by atoms with E-state index in [9.17, 15) is 14.4 Å². The molecule has 2 N–H and O–H groups in total. The molecule has 2 heterocycles. The first-order valence-electron chi connectivity index (χ1n) is 12.1. The van der Waals surface area contributed by atoms with Crippen molar-refractivity contribution in [1.82, 2.24) is 19.1 Å². The lowest BCUT2D eigenvalue weighted by atomic mass is 10.1. The van der Waals surface area contributed by atoms with Crippen molar-refractivity contribution in [2.24, 2.45) is 0 Å². The number of carbonyl (C=O) groups is 1. The number of hydrogen-bond acceptors (Lipinski definition) is 8. The highest BCUT2D eigenvalue weighted by molar-refractivity contribution is 5.66. The summed E-state index contributed by atoms with van der Waals surface area (Å²) in [6.07, 6.45) is 1.10. The van der Waals surface area contributed by atoms with Gasteiger partial charge in [-0.2, -0.15) is 10.2 Å². The molecule has 2 aromatic carbocycles. The Morgan fingerprint density at radius 1 is 1.08 bits per heavy atom. The van der Waals surface area contributed by atoms with Gasteiger partial charge < -0.3 is 15.2 Å². The number of carboxylic acids is 1. The van der Waals surface area contributed by atoms with Gasteiger partial charge in [0.25, 0.3) is 0 Å². The number of ether oxygens (including phenoxy) is 1. The Labute approximate surface area is 223 Å². The molecule has 0 atom stereocenters. The summed E-state index contributed by atoms with van der Waals surface area (Å²) < 4.78 is 8.00. The summed E-state index contributed by atoms with van der Waals surface area (Å²) in [6, 6.07) is 18.3. The average Bonchev–Trinajstić information content (AvgIpc) is 2.91. The van der Waals surface area contributed by atoms with Crippen molar-refractivity contribution in [3.63, 3.8) is 0 Å². The fourth-order valence-corrected chi connectivity index (χ4v) is 3.79. The second kappa shape index (κ2) is 11.9. The predicted octanol–water partition coefficient (Wildman–Crippen LogP) is 3.13. The highest BCUT2D eigenvalue weighted by Gasteiger charge is 2.15. The number of aryl methyl sites for hydroxylation is 2. The van der Waals surface area contributed by atoms with E-state index < -0.39 is 17.3 Å². The van der Waals surface area contributed by atoms with Gasteiger partial charge in [-0.05, 0) is 55.3 Å². The van der Waals surface area contributed by atoms with Gasteiger partial charge in [0.2, 0.25) is 5.95 Å². The highest BCUT2D eigenvalue weighted by atomic mass is 16.5. The number of nitrogens with one attached hydrogen (secondary N) is 1. The molecule has 0 aliphatic rings. The quantitative estimate of drug-likeness (QED) is 0.317. The van der Waals surface area contributed by atoms with Crippen molar-refractivity contribution < 1.29 is 14.6 Å². The van der Waals surface area contributed by atoms with E-state index in [4.69, 9.17) is 15.1 Å². The summed E-state index contributed by atoms with van der Waals surface area (Å²) in [6.45, 7) is 3.86. The van der Waals surface area contributed by atoms with E-state index in [1.807, 2.05) is 44.2 Å². The van der Waals surface area contributed by atoms with Crippen LogP contribution in [-0.2, 0) is 24.5 Å². The summed E-state index contributed by atoms with van der Waals surface area (Å²) in [4.78, 5) is 45.2. The number of anilines is 2. The maximum atomic E-state index is 13.3. The van der Waals surface area contributed by atoms with E-state index in [2.05, 4.69) is 15.3 Å². The van der Waals surface area contributed by atoms with Crippen LogP contribution in [0, 0.1) is 25.2 Å².